The highest BCUT2D eigenvalue weighted by atomic mass is 16.5. The highest BCUT2D eigenvalue weighted by molar-refractivity contribution is 5.79. The third kappa shape index (κ3) is 4.94. The van der Waals surface area contributed by atoms with Crippen LogP contribution in [-0.4, -0.2) is 18.5 Å². The fourth-order valence-corrected chi connectivity index (χ4v) is 2.01. The summed E-state index contributed by atoms with van der Waals surface area (Å²) in [5.41, 5.74) is 0.708. The number of hydrogen-bond donors (Lipinski definition) is 1. The lowest BCUT2D eigenvalue weighted by molar-refractivity contribution is -0.306. The van der Waals surface area contributed by atoms with Crippen molar-refractivity contribution in [2.45, 2.75) is 12.5 Å². The summed E-state index contributed by atoms with van der Waals surface area (Å²) in [7, 11) is 0. The number of benzene rings is 2. The van der Waals surface area contributed by atoms with Crippen LogP contribution >= 0.6 is 0 Å². The van der Waals surface area contributed by atoms with Crippen molar-refractivity contribution < 1.29 is 19.4 Å². The monoisotopic (exact) mass is 298 g/mol. The van der Waals surface area contributed by atoms with Crippen molar-refractivity contribution in [1.29, 1.82) is 0 Å². The summed E-state index contributed by atoms with van der Waals surface area (Å²) in [5, 5.41) is 13.5. The van der Waals surface area contributed by atoms with Crippen molar-refractivity contribution in [2.75, 3.05) is 6.61 Å². The molecule has 0 aliphatic carbocycles. The fraction of sp³-hybridized carbons (Fsp3) is 0.176. The summed E-state index contributed by atoms with van der Waals surface area (Å²) in [6.07, 6.45) is -0.291. The number of carboxylic acid groups (broad SMARTS) is 1. The molecule has 2 aromatic rings. The van der Waals surface area contributed by atoms with Gasteiger partial charge in [-0.05, 0) is 17.7 Å². The van der Waals surface area contributed by atoms with Gasteiger partial charge in [0.2, 0.25) is 0 Å². The molecular formula is C17H16NO4-. The van der Waals surface area contributed by atoms with E-state index < -0.39 is 12.0 Å². The Labute approximate surface area is 128 Å². The van der Waals surface area contributed by atoms with E-state index >= 15 is 0 Å². The Bertz CT molecular complexity index is 613. The molecule has 0 aliphatic rings. The topological polar surface area (TPSA) is 78.5 Å². The number of para-hydroxylation sites is 1. The van der Waals surface area contributed by atoms with E-state index in [0.717, 1.165) is 0 Å². The highest BCUT2D eigenvalue weighted by Gasteiger charge is 2.15. The lowest BCUT2D eigenvalue weighted by Crippen LogP contribution is -2.36. The van der Waals surface area contributed by atoms with Gasteiger partial charge < -0.3 is 20.0 Å². The van der Waals surface area contributed by atoms with E-state index in [-0.39, 0.29) is 18.9 Å². The summed E-state index contributed by atoms with van der Waals surface area (Å²) >= 11 is 0. The number of carboxylic acids is 1. The predicted molar refractivity (Wildman–Crippen MR) is 78.9 cm³/mol. The average molecular weight is 298 g/mol. The molecule has 5 heteroatoms. The fourth-order valence-electron chi connectivity index (χ4n) is 2.01. The molecule has 0 saturated heterocycles. The van der Waals surface area contributed by atoms with Crippen LogP contribution in [-0.2, 0) is 9.59 Å². The summed E-state index contributed by atoms with van der Waals surface area (Å²) in [4.78, 5) is 22.8. The number of aliphatic carboxylic acids is 1. The molecule has 2 rings (SSSR count). The minimum atomic E-state index is -1.22. The van der Waals surface area contributed by atoms with Crippen LogP contribution in [0.4, 0.5) is 0 Å². The second-order valence-electron chi connectivity index (χ2n) is 4.71. The van der Waals surface area contributed by atoms with Gasteiger partial charge in [0.1, 0.15) is 5.75 Å². The second-order valence-corrected chi connectivity index (χ2v) is 4.71. The van der Waals surface area contributed by atoms with Crippen LogP contribution in [0.2, 0.25) is 0 Å². The smallest absolute Gasteiger partial charge is 0.258 e. The van der Waals surface area contributed by atoms with Gasteiger partial charge in [-0.15, -0.1) is 0 Å². The number of carbonyl (C=O) groups is 2. The van der Waals surface area contributed by atoms with Crippen molar-refractivity contribution in [2.24, 2.45) is 0 Å². The van der Waals surface area contributed by atoms with Crippen molar-refractivity contribution >= 4 is 11.9 Å². The first kappa shape index (κ1) is 15.6. The van der Waals surface area contributed by atoms with Crippen LogP contribution in [0.5, 0.6) is 5.75 Å². The summed E-state index contributed by atoms with van der Waals surface area (Å²) in [6, 6.07) is 17.2. The Morgan fingerprint density at radius 1 is 1.00 bits per heavy atom. The largest absolute Gasteiger partial charge is 0.550 e. The van der Waals surface area contributed by atoms with Crippen LogP contribution in [0.1, 0.15) is 18.0 Å². The molecule has 22 heavy (non-hydrogen) atoms. The molecule has 1 N–H and O–H groups in total. The molecule has 0 aromatic heterocycles. The van der Waals surface area contributed by atoms with Gasteiger partial charge >= 0.3 is 0 Å². The van der Waals surface area contributed by atoms with Crippen LogP contribution in [0.3, 0.4) is 0 Å². The van der Waals surface area contributed by atoms with Gasteiger partial charge in [0, 0.05) is 12.4 Å². The SMILES string of the molecule is O=C([O-])CC(NC(=O)COc1ccccc1)c1ccccc1. The molecule has 114 valence electrons. The van der Waals surface area contributed by atoms with Gasteiger partial charge in [-0.25, -0.2) is 0 Å². The molecule has 5 nitrogen and oxygen atoms in total. The van der Waals surface area contributed by atoms with Crippen molar-refractivity contribution in [3.63, 3.8) is 0 Å². The van der Waals surface area contributed by atoms with Crippen LogP contribution in [0.25, 0.3) is 0 Å². The summed E-state index contributed by atoms with van der Waals surface area (Å²) < 4.78 is 5.33. The molecule has 1 unspecified atom stereocenters. The lowest BCUT2D eigenvalue weighted by Gasteiger charge is -2.20. The molecule has 0 fully saturated rings. The average Bonchev–Trinajstić information content (AvgIpc) is 2.54. The van der Waals surface area contributed by atoms with E-state index in [1.165, 1.54) is 0 Å². The summed E-state index contributed by atoms with van der Waals surface area (Å²) in [6.45, 7) is -0.180. The lowest BCUT2D eigenvalue weighted by atomic mass is 10.0. The number of hydrogen-bond acceptors (Lipinski definition) is 4. The highest BCUT2D eigenvalue weighted by Crippen LogP contribution is 2.16. The number of amides is 1. The predicted octanol–water partition coefficient (Wildman–Crippen LogP) is 1.06. The molecule has 0 radical (unpaired) electrons. The molecular weight excluding hydrogens is 282 g/mol. The van der Waals surface area contributed by atoms with Crippen molar-refractivity contribution in [3.8, 4) is 5.75 Å². The summed E-state index contributed by atoms with van der Waals surface area (Å²) in [5.74, 6) is -1.04. The third-order valence-corrected chi connectivity index (χ3v) is 3.02. The van der Waals surface area contributed by atoms with E-state index in [2.05, 4.69) is 5.32 Å². The molecule has 1 atom stereocenters. The number of ether oxygens (including phenoxy) is 1. The maximum absolute atomic E-state index is 11.9. The maximum Gasteiger partial charge on any atom is 0.258 e. The Balaban J connectivity index is 1.95. The Hall–Kier alpha value is -2.82. The molecule has 0 aliphatic heterocycles. The van der Waals surface area contributed by atoms with E-state index in [1.807, 2.05) is 12.1 Å². The zero-order chi connectivity index (χ0) is 15.8. The molecule has 0 saturated carbocycles. The van der Waals surface area contributed by atoms with Crippen LogP contribution < -0.4 is 15.2 Å². The van der Waals surface area contributed by atoms with Gasteiger partial charge in [-0.2, -0.15) is 0 Å². The minimum Gasteiger partial charge on any atom is -0.550 e. The van der Waals surface area contributed by atoms with E-state index in [9.17, 15) is 14.7 Å². The number of nitrogens with one attached hydrogen (secondary N) is 1. The molecule has 2 aromatic carbocycles. The second kappa shape index (κ2) is 7.83. The van der Waals surface area contributed by atoms with Gasteiger partial charge in [-0.3, -0.25) is 4.79 Å². The minimum absolute atomic E-state index is 0.180. The molecule has 0 bridgehead atoms. The normalized spacial score (nSPS) is 11.5. The molecule has 1 amide bonds. The zero-order valence-corrected chi connectivity index (χ0v) is 11.9. The van der Waals surface area contributed by atoms with E-state index in [4.69, 9.17) is 4.74 Å². The van der Waals surface area contributed by atoms with Crippen molar-refractivity contribution in [1.82, 2.24) is 5.32 Å². The molecule has 0 spiro atoms. The Morgan fingerprint density at radius 2 is 1.59 bits per heavy atom. The quantitative estimate of drug-likeness (QED) is 0.829. The van der Waals surface area contributed by atoms with Gasteiger partial charge in [0.25, 0.3) is 5.91 Å². The van der Waals surface area contributed by atoms with Crippen LogP contribution in [0, 0.1) is 0 Å². The first-order valence-electron chi connectivity index (χ1n) is 6.87. The molecule has 0 heterocycles. The third-order valence-electron chi connectivity index (χ3n) is 3.02. The Kier molecular flexibility index (Phi) is 5.54. The van der Waals surface area contributed by atoms with Gasteiger partial charge in [0.15, 0.2) is 6.61 Å². The van der Waals surface area contributed by atoms with Gasteiger partial charge in [-0.1, -0.05) is 48.5 Å². The van der Waals surface area contributed by atoms with Crippen molar-refractivity contribution in [3.05, 3.63) is 66.2 Å². The zero-order valence-electron chi connectivity index (χ0n) is 11.9. The number of carbonyl (C=O) groups excluding carboxylic acids is 2. The van der Waals surface area contributed by atoms with Crippen LogP contribution in [0.15, 0.2) is 60.7 Å². The number of rotatable bonds is 7. The first-order valence-corrected chi connectivity index (χ1v) is 6.87. The Morgan fingerprint density at radius 3 is 2.18 bits per heavy atom. The van der Waals surface area contributed by atoms with E-state index in [0.29, 0.717) is 11.3 Å². The standard InChI is InChI=1S/C17H17NO4/c19-16(12-22-14-9-5-2-6-10-14)18-15(11-17(20)21)13-7-3-1-4-8-13/h1-10,15H,11-12H2,(H,18,19)(H,20,21)/p-1. The van der Waals surface area contributed by atoms with E-state index in [1.54, 1.807) is 48.5 Å². The maximum atomic E-state index is 11.9. The van der Waals surface area contributed by atoms with Gasteiger partial charge in [0.05, 0.1) is 6.04 Å². The first-order chi connectivity index (χ1) is 10.6.